The highest BCUT2D eigenvalue weighted by molar-refractivity contribution is 4.92. The zero-order chi connectivity index (χ0) is 8.20. The molecule has 0 aromatic carbocycles. The lowest BCUT2D eigenvalue weighted by atomic mass is 9.95. The Morgan fingerprint density at radius 3 is 2.20 bits per heavy atom. The third-order valence-corrected chi connectivity index (χ3v) is 1.16. The van der Waals surface area contributed by atoms with E-state index in [0.717, 1.165) is 6.42 Å². The standard InChI is InChI=1S/C10H19/c1-9(2)7-6-8-10(3,4)5/h6,8-9H,1,7H2,2-5H3/b8-6+. The number of hydrogen-bond acceptors (Lipinski definition) is 0. The first-order valence-corrected chi connectivity index (χ1v) is 3.92. The number of hydrogen-bond donors (Lipinski definition) is 0. The lowest BCUT2D eigenvalue weighted by molar-refractivity contribution is 0.540. The van der Waals surface area contributed by atoms with Crippen molar-refractivity contribution in [2.45, 2.75) is 34.1 Å². The molecule has 0 aromatic rings. The molecule has 0 amide bonds. The Kier molecular flexibility index (Phi) is 3.70. The molecular formula is C10H19. The van der Waals surface area contributed by atoms with Crippen molar-refractivity contribution in [2.24, 2.45) is 11.3 Å². The van der Waals surface area contributed by atoms with E-state index >= 15 is 0 Å². The molecule has 0 aliphatic carbocycles. The van der Waals surface area contributed by atoms with Crippen molar-refractivity contribution in [1.29, 1.82) is 0 Å². The maximum atomic E-state index is 3.91. The average molecular weight is 139 g/mol. The van der Waals surface area contributed by atoms with Gasteiger partial charge in [-0.15, -0.1) is 0 Å². The summed E-state index contributed by atoms with van der Waals surface area (Å²) >= 11 is 0. The molecule has 1 unspecified atom stereocenters. The molecule has 0 heteroatoms. The molecule has 1 radical (unpaired) electrons. The Balaban J connectivity index is 3.57. The molecule has 0 spiro atoms. The molecule has 0 aliphatic heterocycles. The van der Waals surface area contributed by atoms with Crippen LogP contribution in [0.4, 0.5) is 0 Å². The minimum absolute atomic E-state index is 0.328. The lowest BCUT2D eigenvalue weighted by Crippen LogP contribution is -1.98. The molecule has 0 rings (SSSR count). The first-order chi connectivity index (χ1) is 4.42. The molecule has 10 heavy (non-hydrogen) atoms. The van der Waals surface area contributed by atoms with Gasteiger partial charge in [0.2, 0.25) is 0 Å². The largest absolute Gasteiger partial charge is 0.0877 e. The van der Waals surface area contributed by atoms with E-state index in [-0.39, 0.29) is 0 Å². The van der Waals surface area contributed by atoms with Crippen LogP contribution in [0.25, 0.3) is 0 Å². The fourth-order valence-corrected chi connectivity index (χ4v) is 0.654. The average Bonchev–Trinajstić information content (AvgIpc) is 1.59. The van der Waals surface area contributed by atoms with E-state index in [4.69, 9.17) is 0 Å². The van der Waals surface area contributed by atoms with Gasteiger partial charge in [-0.05, 0) is 17.8 Å². The van der Waals surface area contributed by atoms with Crippen molar-refractivity contribution in [3.05, 3.63) is 19.1 Å². The van der Waals surface area contributed by atoms with Gasteiger partial charge in [0.25, 0.3) is 0 Å². The third-order valence-electron chi connectivity index (χ3n) is 1.16. The van der Waals surface area contributed by atoms with Crippen LogP contribution in [0.2, 0.25) is 0 Å². The minimum Gasteiger partial charge on any atom is -0.0877 e. The molecule has 0 fully saturated rings. The summed E-state index contributed by atoms with van der Waals surface area (Å²) in [6, 6.07) is 0. The van der Waals surface area contributed by atoms with Crippen LogP contribution in [-0.4, -0.2) is 0 Å². The van der Waals surface area contributed by atoms with Crippen molar-refractivity contribution >= 4 is 0 Å². The molecule has 0 saturated carbocycles. The van der Waals surface area contributed by atoms with E-state index in [1.165, 1.54) is 0 Å². The van der Waals surface area contributed by atoms with E-state index in [2.05, 4.69) is 46.8 Å². The van der Waals surface area contributed by atoms with Gasteiger partial charge in [0.15, 0.2) is 0 Å². The smallest absolute Gasteiger partial charge is 0.0203 e. The van der Waals surface area contributed by atoms with Crippen LogP contribution in [-0.2, 0) is 0 Å². The summed E-state index contributed by atoms with van der Waals surface area (Å²) in [4.78, 5) is 0. The molecule has 0 saturated heterocycles. The van der Waals surface area contributed by atoms with Crippen molar-refractivity contribution in [1.82, 2.24) is 0 Å². The van der Waals surface area contributed by atoms with Gasteiger partial charge >= 0.3 is 0 Å². The number of allylic oxidation sites excluding steroid dienone is 2. The highest BCUT2D eigenvalue weighted by atomic mass is 14.1. The molecular weight excluding hydrogens is 120 g/mol. The number of rotatable bonds is 2. The summed E-state index contributed by atoms with van der Waals surface area (Å²) < 4.78 is 0. The summed E-state index contributed by atoms with van der Waals surface area (Å²) in [5.74, 6) is 0.540. The molecule has 0 heterocycles. The maximum absolute atomic E-state index is 3.91. The van der Waals surface area contributed by atoms with Crippen LogP contribution < -0.4 is 0 Å². The SMILES string of the molecule is [CH2]C(C)C/C=C/C(C)(C)C. The van der Waals surface area contributed by atoms with Crippen LogP contribution in [0, 0.1) is 18.3 Å². The first kappa shape index (κ1) is 9.74. The first-order valence-electron chi connectivity index (χ1n) is 3.92. The van der Waals surface area contributed by atoms with Gasteiger partial charge < -0.3 is 0 Å². The minimum atomic E-state index is 0.328. The van der Waals surface area contributed by atoms with Crippen LogP contribution in [0.1, 0.15) is 34.1 Å². The summed E-state index contributed by atoms with van der Waals surface area (Å²) in [7, 11) is 0. The fraction of sp³-hybridized carbons (Fsp3) is 0.700. The second kappa shape index (κ2) is 3.80. The van der Waals surface area contributed by atoms with Gasteiger partial charge in [-0.3, -0.25) is 0 Å². The zero-order valence-corrected chi connectivity index (χ0v) is 7.65. The van der Waals surface area contributed by atoms with Gasteiger partial charge in [0, 0.05) is 0 Å². The van der Waals surface area contributed by atoms with Gasteiger partial charge in [0.1, 0.15) is 0 Å². The Hall–Kier alpha value is -0.260. The van der Waals surface area contributed by atoms with E-state index < -0.39 is 0 Å². The molecule has 59 valence electrons. The van der Waals surface area contributed by atoms with E-state index in [0.29, 0.717) is 11.3 Å². The maximum Gasteiger partial charge on any atom is -0.0203 e. The van der Waals surface area contributed by atoms with E-state index in [9.17, 15) is 0 Å². The van der Waals surface area contributed by atoms with Gasteiger partial charge in [0.05, 0.1) is 0 Å². The normalized spacial score (nSPS) is 13.4. The molecule has 0 aromatic heterocycles. The van der Waals surface area contributed by atoms with Crippen LogP contribution in [0.5, 0.6) is 0 Å². The Morgan fingerprint density at radius 1 is 1.40 bits per heavy atom. The second-order valence-corrected chi connectivity index (χ2v) is 4.11. The molecule has 0 bridgehead atoms. The zero-order valence-electron chi connectivity index (χ0n) is 7.65. The van der Waals surface area contributed by atoms with Crippen molar-refractivity contribution in [3.8, 4) is 0 Å². The fourth-order valence-electron chi connectivity index (χ4n) is 0.654. The van der Waals surface area contributed by atoms with Crippen LogP contribution >= 0.6 is 0 Å². The van der Waals surface area contributed by atoms with Crippen molar-refractivity contribution < 1.29 is 0 Å². The van der Waals surface area contributed by atoms with Gasteiger partial charge in [-0.25, -0.2) is 0 Å². The second-order valence-electron chi connectivity index (χ2n) is 4.11. The predicted octanol–water partition coefficient (Wildman–Crippen LogP) is 3.45. The van der Waals surface area contributed by atoms with Crippen molar-refractivity contribution in [3.63, 3.8) is 0 Å². The summed E-state index contributed by atoms with van der Waals surface area (Å²) in [5.41, 5.74) is 0.328. The van der Waals surface area contributed by atoms with E-state index in [1.54, 1.807) is 0 Å². The third kappa shape index (κ3) is 7.74. The Morgan fingerprint density at radius 2 is 1.90 bits per heavy atom. The lowest BCUT2D eigenvalue weighted by Gasteiger charge is -2.11. The van der Waals surface area contributed by atoms with E-state index in [1.807, 2.05) is 0 Å². The topological polar surface area (TPSA) is 0 Å². The van der Waals surface area contributed by atoms with Gasteiger partial charge in [-0.1, -0.05) is 46.8 Å². The Bertz CT molecular complexity index is 102. The molecule has 0 N–H and O–H groups in total. The van der Waals surface area contributed by atoms with Crippen molar-refractivity contribution in [2.75, 3.05) is 0 Å². The monoisotopic (exact) mass is 139 g/mol. The summed E-state index contributed by atoms with van der Waals surface area (Å²) in [6.45, 7) is 12.7. The Labute approximate surface area is 65.3 Å². The van der Waals surface area contributed by atoms with Gasteiger partial charge in [-0.2, -0.15) is 0 Å². The molecule has 1 atom stereocenters. The molecule has 0 aliphatic rings. The quantitative estimate of drug-likeness (QED) is 0.514. The summed E-state index contributed by atoms with van der Waals surface area (Å²) in [6.07, 6.45) is 5.56. The highest BCUT2D eigenvalue weighted by Crippen LogP contribution is 2.15. The molecule has 0 nitrogen and oxygen atoms in total. The van der Waals surface area contributed by atoms with Crippen LogP contribution in [0.3, 0.4) is 0 Å². The van der Waals surface area contributed by atoms with Crippen LogP contribution in [0.15, 0.2) is 12.2 Å². The predicted molar refractivity (Wildman–Crippen MR) is 47.7 cm³/mol. The summed E-state index contributed by atoms with van der Waals surface area (Å²) in [5, 5.41) is 0. The highest BCUT2D eigenvalue weighted by Gasteiger charge is 2.02.